The summed E-state index contributed by atoms with van der Waals surface area (Å²) in [6, 6.07) is 14.1. The van der Waals surface area contributed by atoms with Gasteiger partial charge >= 0.3 is 0 Å². The standard InChI is InChI=1S/C13H13N3/c1-13(12-8-4-5-9-14-12)15-10-6-2-3-7-11(10)16-13/h2-9,15-16H,1H3. The van der Waals surface area contributed by atoms with E-state index in [2.05, 4.69) is 34.7 Å². The lowest BCUT2D eigenvalue weighted by Gasteiger charge is -2.25. The number of nitrogens with one attached hydrogen (secondary N) is 2. The molecule has 2 aromatic rings. The lowest BCUT2D eigenvalue weighted by Crippen LogP contribution is -2.35. The van der Waals surface area contributed by atoms with Gasteiger partial charge in [-0.25, -0.2) is 0 Å². The Labute approximate surface area is 94.5 Å². The van der Waals surface area contributed by atoms with E-state index in [0.29, 0.717) is 0 Å². The molecule has 3 rings (SSSR count). The first-order chi connectivity index (χ1) is 7.78. The van der Waals surface area contributed by atoms with Crippen LogP contribution in [0.3, 0.4) is 0 Å². The third-order valence-corrected chi connectivity index (χ3v) is 2.87. The Bertz CT molecular complexity index is 483. The Morgan fingerprint density at radius 2 is 1.56 bits per heavy atom. The second-order valence-corrected chi connectivity index (χ2v) is 4.14. The second-order valence-electron chi connectivity index (χ2n) is 4.14. The van der Waals surface area contributed by atoms with Crippen molar-refractivity contribution < 1.29 is 0 Å². The summed E-state index contributed by atoms with van der Waals surface area (Å²) in [5.74, 6) is 0. The van der Waals surface area contributed by atoms with Gasteiger partial charge in [0.25, 0.3) is 0 Å². The minimum absolute atomic E-state index is 0.315. The van der Waals surface area contributed by atoms with Crippen LogP contribution < -0.4 is 10.6 Å². The fraction of sp³-hybridized carbons (Fsp3) is 0.154. The van der Waals surface area contributed by atoms with Crippen molar-refractivity contribution in [2.24, 2.45) is 0 Å². The minimum atomic E-state index is -0.315. The predicted molar refractivity (Wildman–Crippen MR) is 65.3 cm³/mol. The first-order valence-electron chi connectivity index (χ1n) is 5.35. The Morgan fingerprint density at radius 1 is 0.938 bits per heavy atom. The number of anilines is 2. The van der Waals surface area contributed by atoms with Gasteiger partial charge in [0.15, 0.2) is 0 Å². The first-order valence-corrected chi connectivity index (χ1v) is 5.35. The molecule has 1 aliphatic rings. The maximum Gasteiger partial charge on any atom is 0.149 e. The highest BCUT2D eigenvalue weighted by Crippen LogP contribution is 2.37. The number of hydrogen-bond acceptors (Lipinski definition) is 3. The van der Waals surface area contributed by atoms with Crippen molar-refractivity contribution in [3.63, 3.8) is 0 Å². The van der Waals surface area contributed by atoms with Crippen molar-refractivity contribution in [2.45, 2.75) is 12.6 Å². The zero-order chi connectivity index (χ0) is 11.0. The summed E-state index contributed by atoms with van der Waals surface area (Å²) >= 11 is 0. The van der Waals surface area contributed by atoms with Gasteiger partial charge in [0.1, 0.15) is 5.66 Å². The molecule has 80 valence electrons. The smallest absolute Gasteiger partial charge is 0.149 e. The van der Waals surface area contributed by atoms with Crippen LogP contribution in [-0.4, -0.2) is 4.98 Å². The van der Waals surface area contributed by atoms with Gasteiger partial charge in [-0.15, -0.1) is 0 Å². The van der Waals surface area contributed by atoms with Gasteiger partial charge < -0.3 is 10.6 Å². The lowest BCUT2D eigenvalue weighted by atomic mass is 10.1. The minimum Gasteiger partial charge on any atom is -0.356 e. The molecule has 2 N–H and O–H groups in total. The van der Waals surface area contributed by atoms with Crippen LogP contribution in [0.2, 0.25) is 0 Å². The molecule has 0 saturated carbocycles. The number of hydrogen-bond donors (Lipinski definition) is 2. The summed E-state index contributed by atoms with van der Waals surface area (Å²) in [5.41, 5.74) is 2.92. The van der Waals surface area contributed by atoms with Crippen LogP contribution >= 0.6 is 0 Å². The average Bonchev–Trinajstić information content (AvgIpc) is 2.68. The molecule has 0 aliphatic carbocycles. The van der Waals surface area contributed by atoms with Crippen molar-refractivity contribution in [1.29, 1.82) is 0 Å². The van der Waals surface area contributed by atoms with Crippen molar-refractivity contribution in [1.82, 2.24) is 4.98 Å². The molecule has 1 aromatic carbocycles. The fourth-order valence-electron chi connectivity index (χ4n) is 2.06. The molecule has 0 fully saturated rings. The maximum absolute atomic E-state index is 4.39. The van der Waals surface area contributed by atoms with E-state index in [4.69, 9.17) is 0 Å². The summed E-state index contributed by atoms with van der Waals surface area (Å²) < 4.78 is 0. The maximum atomic E-state index is 4.39. The number of aromatic nitrogens is 1. The quantitative estimate of drug-likeness (QED) is 0.761. The molecule has 0 spiro atoms. The third-order valence-electron chi connectivity index (χ3n) is 2.87. The molecule has 1 aliphatic heterocycles. The van der Waals surface area contributed by atoms with Crippen LogP contribution in [0.5, 0.6) is 0 Å². The van der Waals surface area contributed by atoms with Gasteiger partial charge in [0.05, 0.1) is 17.1 Å². The molecule has 0 saturated heterocycles. The van der Waals surface area contributed by atoms with E-state index in [1.54, 1.807) is 0 Å². The van der Waals surface area contributed by atoms with E-state index >= 15 is 0 Å². The Morgan fingerprint density at radius 3 is 2.12 bits per heavy atom. The van der Waals surface area contributed by atoms with Crippen LogP contribution in [0.4, 0.5) is 11.4 Å². The molecular formula is C13H13N3. The third kappa shape index (κ3) is 1.33. The van der Waals surface area contributed by atoms with Crippen LogP contribution in [-0.2, 0) is 5.66 Å². The van der Waals surface area contributed by atoms with Gasteiger partial charge in [-0.05, 0) is 31.2 Å². The first kappa shape index (κ1) is 9.21. The molecule has 3 heteroatoms. The molecular weight excluding hydrogens is 198 g/mol. The van der Waals surface area contributed by atoms with E-state index in [1.165, 1.54) is 0 Å². The average molecular weight is 211 g/mol. The van der Waals surface area contributed by atoms with Gasteiger partial charge in [-0.1, -0.05) is 18.2 Å². The largest absolute Gasteiger partial charge is 0.356 e. The van der Waals surface area contributed by atoms with Crippen molar-refractivity contribution in [3.8, 4) is 0 Å². The van der Waals surface area contributed by atoms with Crippen LogP contribution in [0.1, 0.15) is 12.6 Å². The highest BCUT2D eigenvalue weighted by molar-refractivity contribution is 5.76. The number of benzene rings is 1. The number of fused-ring (bicyclic) bond motifs is 1. The summed E-state index contributed by atoms with van der Waals surface area (Å²) in [7, 11) is 0. The molecule has 0 bridgehead atoms. The molecule has 2 heterocycles. The normalized spacial score (nSPS) is 16.1. The lowest BCUT2D eigenvalue weighted by molar-refractivity contribution is 0.626. The van der Waals surface area contributed by atoms with Gasteiger partial charge in [0, 0.05) is 6.20 Å². The zero-order valence-electron chi connectivity index (χ0n) is 9.07. The van der Waals surface area contributed by atoms with Crippen molar-refractivity contribution in [2.75, 3.05) is 10.6 Å². The highest BCUT2D eigenvalue weighted by atomic mass is 15.3. The van der Waals surface area contributed by atoms with E-state index in [9.17, 15) is 0 Å². The van der Waals surface area contributed by atoms with Crippen LogP contribution in [0, 0.1) is 0 Å². The summed E-state index contributed by atoms with van der Waals surface area (Å²) in [4.78, 5) is 4.39. The SMILES string of the molecule is CC1(c2ccccn2)Nc2ccccc2N1. The summed E-state index contributed by atoms with van der Waals surface area (Å²) in [6.07, 6.45) is 1.81. The molecule has 1 aromatic heterocycles. The van der Waals surface area contributed by atoms with E-state index in [1.807, 2.05) is 36.5 Å². The predicted octanol–water partition coefficient (Wildman–Crippen LogP) is 2.79. The van der Waals surface area contributed by atoms with Crippen molar-refractivity contribution >= 4 is 11.4 Å². The Hall–Kier alpha value is -2.03. The molecule has 0 unspecified atom stereocenters. The van der Waals surface area contributed by atoms with Gasteiger partial charge in [-0.3, -0.25) is 4.98 Å². The van der Waals surface area contributed by atoms with E-state index < -0.39 is 0 Å². The number of para-hydroxylation sites is 2. The Balaban J connectivity index is 2.01. The Kier molecular flexibility index (Phi) is 1.86. The monoisotopic (exact) mass is 211 g/mol. The topological polar surface area (TPSA) is 37.0 Å². The number of nitrogens with zero attached hydrogens (tertiary/aromatic N) is 1. The number of pyridine rings is 1. The van der Waals surface area contributed by atoms with E-state index in [0.717, 1.165) is 17.1 Å². The van der Waals surface area contributed by atoms with Crippen molar-refractivity contribution in [3.05, 3.63) is 54.4 Å². The molecule has 0 atom stereocenters. The molecule has 0 radical (unpaired) electrons. The van der Waals surface area contributed by atoms with Gasteiger partial charge in [0.2, 0.25) is 0 Å². The van der Waals surface area contributed by atoms with Crippen LogP contribution in [0.15, 0.2) is 48.7 Å². The fourth-order valence-corrected chi connectivity index (χ4v) is 2.06. The van der Waals surface area contributed by atoms with Gasteiger partial charge in [-0.2, -0.15) is 0 Å². The molecule has 0 amide bonds. The summed E-state index contributed by atoms with van der Waals surface area (Å²) in [6.45, 7) is 2.09. The molecule has 3 nitrogen and oxygen atoms in total. The molecule has 16 heavy (non-hydrogen) atoms. The zero-order valence-corrected chi connectivity index (χ0v) is 9.07. The highest BCUT2D eigenvalue weighted by Gasteiger charge is 2.33. The number of rotatable bonds is 1. The van der Waals surface area contributed by atoms with Crippen LogP contribution in [0.25, 0.3) is 0 Å². The summed E-state index contributed by atoms with van der Waals surface area (Å²) in [5, 5.41) is 6.91. The second kappa shape index (κ2) is 3.23. The van der Waals surface area contributed by atoms with E-state index in [-0.39, 0.29) is 5.66 Å².